The summed E-state index contributed by atoms with van der Waals surface area (Å²) in [7, 11) is 0. The highest BCUT2D eigenvalue weighted by Gasteiger charge is 1.99. The molecule has 0 fully saturated rings. The average molecular weight is 212 g/mol. The van der Waals surface area contributed by atoms with Crippen molar-refractivity contribution in [3.8, 4) is 5.75 Å². The van der Waals surface area contributed by atoms with Gasteiger partial charge in [0.2, 0.25) is 0 Å². The molecule has 0 bridgehead atoms. The maximum atomic E-state index is 8.60. The molecule has 0 saturated heterocycles. The topological polar surface area (TPSA) is 29.5 Å². The minimum atomic E-state index is 0.182. The quantitative estimate of drug-likeness (QED) is 0.600. The number of hydrogen-bond acceptors (Lipinski definition) is 3. The van der Waals surface area contributed by atoms with E-state index in [9.17, 15) is 0 Å². The van der Waals surface area contributed by atoms with Crippen molar-refractivity contribution in [1.82, 2.24) is 0 Å². The van der Waals surface area contributed by atoms with Crippen molar-refractivity contribution in [3.05, 3.63) is 23.8 Å². The van der Waals surface area contributed by atoms with Crippen LogP contribution in [0.3, 0.4) is 0 Å². The van der Waals surface area contributed by atoms with Crippen LogP contribution in [0.1, 0.15) is 12.0 Å². The van der Waals surface area contributed by atoms with Gasteiger partial charge in [0.15, 0.2) is 0 Å². The van der Waals surface area contributed by atoms with Crippen LogP contribution in [-0.2, 0) is 0 Å². The summed E-state index contributed by atoms with van der Waals surface area (Å²) in [5.74, 6) is 0.883. The molecule has 0 spiro atoms. The number of aliphatic hydroxyl groups excluding tert-OH is 1. The van der Waals surface area contributed by atoms with Crippen LogP contribution < -0.4 is 4.74 Å². The molecule has 78 valence electrons. The van der Waals surface area contributed by atoms with Gasteiger partial charge in [0.05, 0.1) is 6.61 Å². The van der Waals surface area contributed by atoms with E-state index in [1.54, 1.807) is 11.8 Å². The van der Waals surface area contributed by atoms with Crippen molar-refractivity contribution in [3.63, 3.8) is 0 Å². The Kier molecular flexibility index (Phi) is 4.84. The highest BCUT2D eigenvalue weighted by Crippen LogP contribution is 2.24. The van der Waals surface area contributed by atoms with Crippen LogP contribution in [0, 0.1) is 6.92 Å². The molecule has 2 nitrogen and oxygen atoms in total. The summed E-state index contributed by atoms with van der Waals surface area (Å²) in [6.45, 7) is 2.83. The Labute approximate surface area is 89.3 Å². The van der Waals surface area contributed by atoms with Gasteiger partial charge >= 0.3 is 0 Å². The monoisotopic (exact) mass is 212 g/mol. The SMILES string of the molecule is CSc1ccc(OCCCO)cc1C. The highest BCUT2D eigenvalue weighted by atomic mass is 32.2. The summed E-state index contributed by atoms with van der Waals surface area (Å²) in [5, 5.41) is 8.60. The lowest BCUT2D eigenvalue weighted by Crippen LogP contribution is -1.99. The third-order valence-corrected chi connectivity index (χ3v) is 2.84. The van der Waals surface area contributed by atoms with Crippen LogP contribution in [0.4, 0.5) is 0 Å². The van der Waals surface area contributed by atoms with E-state index >= 15 is 0 Å². The van der Waals surface area contributed by atoms with Gasteiger partial charge in [0, 0.05) is 17.9 Å². The van der Waals surface area contributed by atoms with Crippen LogP contribution in [0.25, 0.3) is 0 Å². The van der Waals surface area contributed by atoms with Crippen LogP contribution in [0.5, 0.6) is 5.75 Å². The van der Waals surface area contributed by atoms with Gasteiger partial charge in [-0.15, -0.1) is 11.8 Å². The predicted molar refractivity (Wildman–Crippen MR) is 60.2 cm³/mol. The normalized spacial score (nSPS) is 10.2. The number of benzene rings is 1. The first-order valence-electron chi connectivity index (χ1n) is 4.66. The molecule has 1 aromatic carbocycles. The minimum Gasteiger partial charge on any atom is -0.493 e. The van der Waals surface area contributed by atoms with E-state index in [4.69, 9.17) is 9.84 Å². The lowest BCUT2D eigenvalue weighted by molar-refractivity contribution is 0.233. The van der Waals surface area contributed by atoms with Crippen molar-refractivity contribution in [2.24, 2.45) is 0 Å². The average Bonchev–Trinajstić information content (AvgIpc) is 2.18. The van der Waals surface area contributed by atoms with Crippen molar-refractivity contribution in [1.29, 1.82) is 0 Å². The molecule has 0 saturated carbocycles. The fourth-order valence-corrected chi connectivity index (χ4v) is 1.78. The number of ether oxygens (including phenoxy) is 1. The minimum absolute atomic E-state index is 0.182. The van der Waals surface area contributed by atoms with Crippen LogP contribution in [-0.4, -0.2) is 24.6 Å². The maximum absolute atomic E-state index is 8.60. The maximum Gasteiger partial charge on any atom is 0.119 e. The van der Waals surface area contributed by atoms with Crippen LogP contribution in [0.2, 0.25) is 0 Å². The summed E-state index contributed by atoms with van der Waals surface area (Å²) in [4.78, 5) is 1.28. The van der Waals surface area contributed by atoms with E-state index in [1.807, 2.05) is 12.1 Å². The van der Waals surface area contributed by atoms with E-state index in [0.29, 0.717) is 13.0 Å². The van der Waals surface area contributed by atoms with E-state index in [0.717, 1.165) is 5.75 Å². The molecule has 14 heavy (non-hydrogen) atoms. The van der Waals surface area contributed by atoms with Gasteiger partial charge in [-0.3, -0.25) is 0 Å². The molecular formula is C11H16O2S. The molecule has 1 rings (SSSR count). The molecule has 0 aromatic heterocycles. The first-order valence-corrected chi connectivity index (χ1v) is 5.88. The third-order valence-electron chi connectivity index (χ3n) is 1.94. The van der Waals surface area contributed by atoms with E-state index in [1.165, 1.54) is 10.5 Å². The van der Waals surface area contributed by atoms with E-state index < -0.39 is 0 Å². The first kappa shape index (κ1) is 11.4. The standard InChI is InChI=1S/C11H16O2S/c1-9-8-10(13-7-3-6-12)4-5-11(9)14-2/h4-5,8,12H,3,6-7H2,1-2H3. The van der Waals surface area contributed by atoms with Crippen molar-refractivity contribution in [2.45, 2.75) is 18.2 Å². The summed E-state index contributed by atoms with van der Waals surface area (Å²) in [5.41, 5.74) is 1.24. The lowest BCUT2D eigenvalue weighted by Gasteiger charge is -2.08. The summed E-state index contributed by atoms with van der Waals surface area (Å²) in [6.07, 6.45) is 2.75. The third kappa shape index (κ3) is 3.24. The van der Waals surface area contributed by atoms with E-state index in [2.05, 4.69) is 19.2 Å². The molecule has 0 heterocycles. The van der Waals surface area contributed by atoms with Crippen molar-refractivity contribution >= 4 is 11.8 Å². The Morgan fingerprint density at radius 3 is 2.79 bits per heavy atom. The lowest BCUT2D eigenvalue weighted by atomic mass is 10.2. The number of hydrogen-bond donors (Lipinski definition) is 1. The fraction of sp³-hybridized carbons (Fsp3) is 0.455. The Bertz CT molecular complexity index is 287. The largest absolute Gasteiger partial charge is 0.493 e. The summed E-state index contributed by atoms with van der Waals surface area (Å²) < 4.78 is 5.46. The second-order valence-electron chi connectivity index (χ2n) is 3.06. The second-order valence-corrected chi connectivity index (χ2v) is 3.91. The van der Waals surface area contributed by atoms with Gasteiger partial charge in [-0.25, -0.2) is 0 Å². The predicted octanol–water partition coefficient (Wildman–Crippen LogP) is 2.48. The zero-order valence-electron chi connectivity index (χ0n) is 8.62. The van der Waals surface area contributed by atoms with Gasteiger partial charge in [-0.05, 0) is 36.9 Å². The molecule has 0 atom stereocenters. The van der Waals surface area contributed by atoms with Gasteiger partial charge in [-0.2, -0.15) is 0 Å². The van der Waals surface area contributed by atoms with Gasteiger partial charge in [0.25, 0.3) is 0 Å². The summed E-state index contributed by atoms with van der Waals surface area (Å²) in [6, 6.07) is 6.06. The molecule has 0 aliphatic heterocycles. The second kappa shape index (κ2) is 5.94. The van der Waals surface area contributed by atoms with Gasteiger partial charge in [0.1, 0.15) is 5.75 Å². The molecule has 0 amide bonds. The zero-order valence-corrected chi connectivity index (χ0v) is 9.43. The number of thioether (sulfide) groups is 1. The number of aliphatic hydroxyl groups is 1. The smallest absolute Gasteiger partial charge is 0.119 e. The number of aryl methyl sites for hydroxylation is 1. The summed E-state index contributed by atoms with van der Waals surface area (Å²) >= 11 is 1.74. The highest BCUT2D eigenvalue weighted by molar-refractivity contribution is 7.98. The zero-order chi connectivity index (χ0) is 10.4. The molecule has 0 unspecified atom stereocenters. The van der Waals surface area contributed by atoms with E-state index in [-0.39, 0.29) is 6.61 Å². The van der Waals surface area contributed by atoms with Crippen LogP contribution >= 0.6 is 11.8 Å². The molecule has 3 heteroatoms. The van der Waals surface area contributed by atoms with Crippen LogP contribution in [0.15, 0.2) is 23.1 Å². The van der Waals surface area contributed by atoms with Crippen molar-refractivity contribution in [2.75, 3.05) is 19.5 Å². The Hall–Kier alpha value is -0.670. The molecule has 0 radical (unpaired) electrons. The Morgan fingerprint density at radius 2 is 2.21 bits per heavy atom. The molecule has 1 N–H and O–H groups in total. The molecule has 0 aliphatic rings. The van der Waals surface area contributed by atoms with Gasteiger partial charge in [-0.1, -0.05) is 0 Å². The Balaban J connectivity index is 2.57. The molecule has 1 aromatic rings. The molecular weight excluding hydrogens is 196 g/mol. The fourth-order valence-electron chi connectivity index (χ4n) is 1.20. The van der Waals surface area contributed by atoms with Gasteiger partial charge < -0.3 is 9.84 Å². The Morgan fingerprint density at radius 1 is 1.43 bits per heavy atom. The number of rotatable bonds is 5. The molecule has 0 aliphatic carbocycles. The first-order chi connectivity index (χ1) is 6.77. The van der Waals surface area contributed by atoms with Crippen molar-refractivity contribution < 1.29 is 9.84 Å².